The molecule has 0 aliphatic rings. The first-order valence-electron chi connectivity index (χ1n) is 5.77. The maximum absolute atomic E-state index is 12.2. The number of hydrogen-bond donors (Lipinski definition) is 1. The van der Waals surface area contributed by atoms with E-state index in [4.69, 9.17) is 5.73 Å². The number of benzene rings is 1. The van der Waals surface area contributed by atoms with Crippen LogP contribution in [0.25, 0.3) is 0 Å². The monoisotopic (exact) mass is 343 g/mol. The molecule has 1 aromatic rings. The van der Waals surface area contributed by atoms with Crippen molar-refractivity contribution in [3.05, 3.63) is 29.8 Å². The second-order valence-electron chi connectivity index (χ2n) is 4.81. The number of carbonyl (C=O) groups is 1. The number of esters is 1. The molecule has 1 atom stereocenters. The van der Waals surface area contributed by atoms with E-state index in [0.29, 0.717) is 5.56 Å². The van der Waals surface area contributed by atoms with Gasteiger partial charge in [0.25, 0.3) is 0 Å². The lowest BCUT2D eigenvalue weighted by molar-refractivity contribution is -0.152. The van der Waals surface area contributed by atoms with Gasteiger partial charge in [-0.05, 0) is 43.3 Å². The molecule has 0 aliphatic heterocycles. The van der Waals surface area contributed by atoms with Gasteiger partial charge in [0.2, 0.25) is 0 Å². The zero-order chi connectivity index (χ0) is 15.6. The maximum Gasteiger partial charge on any atom is 0.446 e. The van der Waals surface area contributed by atoms with Crippen molar-refractivity contribution >= 4 is 30.1 Å². The van der Waals surface area contributed by atoms with Gasteiger partial charge in [-0.1, -0.05) is 12.1 Å². The van der Waals surface area contributed by atoms with Crippen LogP contribution in [-0.4, -0.2) is 18.6 Å². The van der Waals surface area contributed by atoms with Crippen LogP contribution in [0.15, 0.2) is 29.2 Å². The standard InChI is InChI=1S/C13H16F3NO2S.ClH/c1-12(2,11(18)19-3)10(17)8-4-6-9(7-5-8)20-13(14,15)16;/h4-7,10H,17H2,1-3H3;1H/t10-;/m0./s1. The summed E-state index contributed by atoms with van der Waals surface area (Å²) < 4.78 is 41.3. The average molecular weight is 344 g/mol. The predicted octanol–water partition coefficient (Wildman–Crippen LogP) is 3.92. The third-order valence-corrected chi connectivity index (χ3v) is 3.70. The van der Waals surface area contributed by atoms with Crippen molar-refractivity contribution in [3.8, 4) is 0 Å². The summed E-state index contributed by atoms with van der Waals surface area (Å²) in [6, 6.07) is 4.98. The SMILES string of the molecule is COC(=O)C(C)(C)[C@@H](N)c1ccc(SC(F)(F)F)cc1.Cl. The fraction of sp³-hybridized carbons (Fsp3) is 0.462. The molecule has 0 spiro atoms. The number of alkyl halides is 3. The minimum absolute atomic E-state index is 0. The lowest BCUT2D eigenvalue weighted by atomic mass is 9.81. The van der Waals surface area contributed by atoms with Gasteiger partial charge in [0.05, 0.1) is 12.5 Å². The Morgan fingerprint density at radius 2 is 1.71 bits per heavy atom. The third kappa shape index (κ3) is 5.41. The molecule has 1 rings (SSSR count). The molecule has 0 amide bonds. The number of hydrogen-bond acceptors (Lipinski definition) is 4. The van der Waals surface area contributed by atoms with Crippen molar-refractivity contribution < 1.29 is 22.7 Å². The van der Waals surface area contributed by atoms with Gasteiger partial charge in [-0.25, -0.2) is 0 Å². The van der Waals surface area contributed by atoms with Crippen LogP contribution in [-0.2, 0) is 9.53 Å². The third-order valence-electron chi connectivity index (χ3n) is 2.96. The van der Waals surface area contributed by atoms with Crippen molar-refractivity contribution in [1.29, 1.82) is 0 Å². The Labute approximate surface area is 131 Å². The summed E-state index contributed by atoms with van der Waals surface area (Å²) in [5, 5.41) is 0. The number of halogens is 4. The molecule has 0 saturated heterocycles. The Bertz CT molecular complexity index is 477. The van der Waals surface area contributed by atoms with Crippen LogP contribution in [0, 0.1) is 5.41 Å². The number of carbonyl (C=O) groups excluding carboxylic acids is 1. The van der Waals surface area contributed by atoms with Crippen molar-refractivity contribution in [1.82, 2.24) is 0 Å². The molecule has 0 unspecified atom stereocenters. The molecule has 0 radical (unpaired) electrons. The lowest BCUT2D eigenvalue weighted by Gasteiger charge is -2.29. The van der Waals surface area contributed by atoms with Gasteiger partial charge in [0.15, 0.2) is 0 Å². The molecule has 1 aromatic carbocycles. The van der Waals surface area contributed by atoms with Gasteiger partial charge in [-0.15, -0.1) is 12.4 Å². The Kier molecular flexibility index (Phi) is 7.05. The highest BCUT2D eigenvalue weighted by molar-refractivity contribution is 8.00. The van der Waals surface area contributed by atoms with Crippen LogP contribution in [0.3, 0.4) is 0 Å². The first-order valence-corrected chi connectivity index (χ1v) is 6.59. The molecule has 0 aromatic heterocycles. The van der Waals surface area contributed by atoms with Crippen molar-refractivity contribution in [2.75, 3.05) is 7.11 Å². The van der Waals surface area contributed by atoms with Crippen LogP contribution >= 0.6 is 24.2 Å². The second kappa shape index (κ2) is 7.38. The van der Waals surface area contributed by atoms with E-state index in [9.17, 15) is 18.0 Å². The second-order valence-corrected chi connectivity index (χ2v) is 5.95. The van der Waals surface area contributed by atoms with E-state index in [0.717, 1.165) is 0 Å². The Hall–Kier alpha value is -0.920. The number of methoxy groups -OCH3 is 1. The summed E-state index contributed by atoms with van der Waals surface area (Å²) in [5.41, 5.74) is 1.28. The van der Waals surface area contributed by atoms with E-state index in [1.54, 1.807) is 13.8 Å². The van der Waals surface area contributed by atoms with Crippen LogP contribution < -0.4 is 5.73 Å². The summed E-state index contributed by atoms with van der Waals surface area (Å²) in [7, 11) is 1.26. The van der Waals surface area contributed by atoms with Crippen LogP contribution in [0.4, 0.5) is 13.2 Å². The smallest absolute Gasteiger partial charge is 0.446 e. The summed E-state index contributed by atoms with van der Waals surface area (Å²) in [6.45, 7) is 3.25. The van der Waals surface area contributed by atoms with Crippen LogP contribution in [0.2, 0.25) is 0 Å². The Morgan fingerprint density at radius 1 is 1.24 bits per heavy atom. The number of nitrogens with two attached hydrogens (primary N) is 1. The molecule has 0 fully saturated rings. The quantitative estimate of drug-likeness (QED) is 0.665. The van der Waals surface area contributed by atoms with E-state index >= 15 is 0 Å². The zero-order valence-electron chi connectivity index (χ0n) is 11.7. The van der Waals surface area contributed by atoms with Crippen molar-refractivity contribution in [3.63, 3.8) is 0 Å². The number of ether oxygens (including phenoxy) is 1. The normalized spacial score (nSPS) is 13.3. The number of thioether (sulfide) groups is 1. The molecule has 0 heterocycles. The maximum atomic E-state index is 12.2. The van der Waals surface area contributed by atoms with Crippen LogP contribution in [0.1, 0.15) is 25.5 Å². The fourth-order valence-corrected chi connectivity index (χ4v) is 2.22. The molecule has 0 bridgehead atoms. The Morgan fingerprint density at radius 3 is 2.10 bits per heavy atom. The van der Waals surface area contributed by atoms with Gasteiger partial charge in [-0.3, -0.25) is 4.79 Å². The van der Waals surface area contributed by atoms with Gasteiger partial charge >= 0.3 is 11.5 Å². The molecule has 120 valence electrons. The molecular weight excluding hydrogens is 327 g/mol. The molecule has 0 aliphatic carbocycles. The highest BCUT2D eigenvalue weighted by atomic mass is 35.5. The molecule has 8 heteroatoms. The average Bonchev–Trinajstić information content (AvgIpc) is 2.35. The van der Waals surface area contributed by atoms with E-state index < -0.39 is 22.9 Å². The van der Waals surface area contributed by atoms with Gasteiger partial charge in [-0.2, -0.15) is 13.2 Å². The molecular formula is C13H17ClF3NO2S. The summed E-state index contributed by atoms with van der Waals surface area (Å²) in [5.74, 6) is -0.473. The van der Waals surface area contributed by atoms with E-state index in [-0.39, 0.29) is 29.1 Å². The predicted molar refractivity (Wildman–Crippen MR) is 78.3 cm³/mol. The van der Waals surface area contributed by atoms with Crippen molar-refractivity contribution in [2.45, 2.75) is 30.3 Å². The summed E-state index contributed by atoms with van der Waals surface area (Å²) >= 11 is -0.193. The lowest BCUT2D eigenvalue weighted by Crippen LogP contribution is -2.37. The minimum Gasteiger partial charge on any atom is -0.469 e. The first kappa shape index (κ1) is 20.1. The molecule has 0 saturated carbocycles. The fourth-order valence-electron chi connectivity index (χ4n) is 1.68. The van der Waals surface area contributed by atoms with Gasteiger partial charge < -0.3 is 10.5 Å². The minimum atomic E-state index is -4.32. The highest BCUT2D eigenvalue weighted by Crippen LogP contribution is 2.38. The summed E-state index contributed by atoms with van der Waals surface area (Å²) in [4.78, 5) is 11.7. The van der Waals surface area contributed by atoms with Gasteiger partial charge in [0, 0.05) is 10.9 Å². The van der Waals surface area contributed by atoms with E-state index in [1.807, 2.05) is 0 Å². The molecule has 21 heavy (non-hydrogen) atoms. The van der Waals surface area contributed by atoms with E-state index in [1.165, 1.54) is 31.4 Å². The van der Waals surface area contributed by atoms with Crippen LogP contribution in [0.5, 0.6) is 0 Å². The topological polar surface area (TPSA) is 52.3 Å². The summed E-state index contributed by atoms with van der Waals surface area (Å²) in [6.07, 6.45) is 0. The van der Waals surface area contributed by atoms with E-state index in [2.05, 4.69) is 4.74 Å². The van der Waals surface area contributed by atoms with Gasteiger partial charge in [0.1, 0.15) is 0 Å². The number of rotatable bonds is 4. The zero-order valence-corrected chi connectivity index (χ0v) is 13.4. The molecule has 2 N–H and O–H groups in total. The van der Waals surface area contributed by atoms with Crippen molar-refractivity contribution in [2.24, 2.45) is 11.1 Å². The largest absolute Gasteiger partial charge is 0.469 e. The Balaban J connectivity index is 0.00000400. The first-order chi connectivity index (χ1) is 9.08. The molecule has 3 nitrogen and oxygen atoms in total. The highest BCUT2D eigenvalue weighted by Gasteiger charge is 2.36.